The normalized spacial score (nSPS) is 22.9. The molecule has 1 amide bonds. The number of esters is 1. The molecule has 5 N–H and O–H groups in total. The van der Waals surface area contributed by atoms with Crippen LogP contribution in [0.5, 0.6) is 0 Å². The largest absolute Gasteiger partial charge is 0.463 e. The van der Waals surface area contributed by atoms with Crippen LogP contribution in [0, 0.1) is 0 Å². The summed E-state index contributed by atoms with van der Waals surface area (Å²) in [6, 6.07) is -0.962. The highest BCUT2D eigenvalue weighted by Gasteiger charge is 2.37. The second kappa shape index (κ2) is 10.0. The average Bonchev–Trinajstić information content (AvgIpc) is 2.54. The standard InChI is InChI=1S/C17H30N4O4/c1-5-12(6-2)25-14-9-11(16(23)24-7-3)8-13(21-17(18)19)15(14)20-10(4)22/h9,12-15H,5-8H2,1-4H3,(H,20,22)(H4,18,19,21). The van der Waals surface area contributed by atoms with E-state index in [9.17, 15) is 9.59 Å². The van der Waals surface area contributed by atoms with Crippen molar-refractivity contribution in [3.8, 4) is 0 Å². The first-order chi connectivity index (χ1) is 11.8. The summed E-state index contributed by atoms with van der Waals surface area (Å²) in [5, 5.41) is 2.85. The number of ether oxygens (including phenoxy) is 2. The Hall–Kier alpha value is -2.09. The fraction of sp³-hybridized carbons (Fsp3) is 0.706. The summed E-state index contributed by atoms with van der Waals surface area (Å²) in [6.07, 6.45) is 3.10. The molecule has 0 bridgehead atoms. The Balaban J connectivity index is 3.22. The molecule has 1 aliphatic rings. The van der Waals surface area contributed by atoms with E-state index in [1.165, 1.54) is 6.92 Å². The number of hydrogen-bond acceptors (Lipinski definition) is 5. The van der Waals surface area contributed by atoms with E-state index in [0.29, 0.717) is 5.57 Å². The highest BCUT2D eigenvalue weighted by atomic mass is 16.5. The third kappa shape index (κ3) is 6.38. The Morgan fingerprint density at radius 2 is 1.96 bits per heavy atom. The zero-order valence-electron chi connectivity index (χ0n) is 15.5. The first-order valence-electron chi connectivity index (χ1n) is 8.71. The van der Waals surface area contributed by atoms with Gasteiger partial charge in [0.05, 0.1) is 30.9 Å². The van der Waals surface area contributed by atoms with E-state index in [0.717, 1.165) is 12.8 Å². The molecule has 1 aliphatic carbocycles. The molecule has 8 nitrogen and oxygen atoms in total. The first-order valence-corrected chi connectivity index (χ1v) is 8.71. The van der Waals surface area contributed by atoms with Crippen molar-refractivity contribution in [2.75, 3.05) is 6.61 Å². The van der Waals surface area contributed by atoms with E-state index in [1.807, 2.05) is 13.8 Å². The van der Waals surface area contributed by atoms with Gasteiger partial charge in [-0.15, -0.1) is 0 Å². The van der Waals surface area contributed by atoms with E-state index in [4.69, 9.17) is 20.9 Å². The van der Waals surface area contributed by atoms with Crippen LogP contribution in [0.25, 0.3) is 0 Å². The minimum absolute atomic E-state index is 0.00101. The lowest BCUT2D eigenvalue weighted by Gasteiger charge is -2.36. The van der Waals surface area contributed by atoms with Crippen molar-refractivity contribution in [2.24, 2.45) is 16.5 Å². The molecule has 3 atom stereocenters. The molecular weight excluding hydrogens is 324 g/mol. The van der Waals surface area contributed by atoms with Crippen LogP contribution in [0.1, 0.15) is 47.0 Å². The quantitative estimate of drug-likeness (QED) is 0.332. The number of hydrogen-bond donors (Lipinski definition) is 3. The summed E-state index contributed by atoms with van der Waals surface area (Å²) < 4.78 is 11.2. The van der Waals surface area contributed by atoms with Gasteiger partial charge in [0, 0.05) is 18.9 Å². The zero-order chi connectivity index (χ0) is 19.0. The van der Waals surface area contributed by atoms with Crippen molar-refractivity contribution in [3.63, 3.8) is 0 Å². The Bertz CT molecular complexity index is 525. The van der Waals surface area contributed by atoms with Crippen LogP contribution in [-0.4, -0.2) is 48.7 Å². The second-order valence-corrected chi connectivity index (χ2v) is 6.00. The molecule has 0 aromatic heterocycles. The monoisotopic (exact) mass is 354 g/mol. The van der Waals surface area contributed by atoms with E-state index in [-0.39, 0.29) is 31.0 Å². The summed E-state index contributed by atoms with van der Waals surface area (Å²) in [4.78, 5) is 28.0. The van der Waals surface area contributed by atoms with Crippen molar-refractivity contribution in [1.29, 1.82) is 0 Å². The van der Waals surface area contributed by atoms with Crippen LogP contribution >= 0.6 is 0 Å². The number of aliphatic imine (C=N–C) groups is 1. The Kier molecular flexibility index (Phi) is 8.40. The van der Waals surface area contributed by atoms with Crippen LogP contribution < -0.4 is 16.8 Å². The van der Waals surface area contributed by atoms with E-state index < -0.39 is 24.2 Å². The molecule has 0 saturated heterocycles. The number of carbonyl (C=O) groups is 2. The van der Waals surface area contributed by atoms with Crippen molar-refractivity contribution >= 4 is 17.8 Å². The van der Waals surface area contributed by atoms with Crippen LogP contribution in [0.3, 0.4) is 0 Å². The fourth-order valence-corrected chi connectivity index (χ4v) is 2.87. The van der Waals surface area contributed by atoms with Crippen molar-refractivity contribution in [3.05, 3.63) is 11.6 Å². The maximum absolute atomic E-state index is 12.2. The molecule has 8 heteroatoms. The summed E-state index contributed by atoms with van der Waals surface area (Å²) >= 11 is 0. The van der Waals surface area contributed by atoms with Gasteiger partial charge in [-0.05, 0) is 25.8 Å². The molecule has 0 aromatic rings. The predicted octanol–water partition coefficient (Wildman–Crippen LogP) is 0.600. The molecule has 0 radical (unpaired) electrons. The summed E-state index contributed by atoms with van der Waals surface area (Å²) in [5.41, 5.74) is 11.5. The number of nitrogens with two attached hydrogens (primary N) is 2. The van der Waals surface area contributed by atoms with Crippen LogP contribution in [0.4, 0.5) is 0 Å². The summed E-state index contributed by atoms with van der Waals surface area (Å²) in [7, 11) is 0. The average molecular weight is 354 g/mol. The third-order valence-electron chi connectivity index (χ3n) is 4.05. The summed E-state index contributed by atoms with van der Waals surface area (Å²) in [6.45, 7) is 7.48. The molecule has 0 saturated carbocycles. The van der Waals surface area contributed by atoms with Gasteiger partial charge in [0.2, 0.25) is 5.91 Å². The topological polar surface area (TPSA) is 129 Å². The lowest BCUT2D eigenvalue weighted by molar-refractivity contribution is -0.139. The fourth-order valence-electron chi connectivity index (χ4n) is 2.87. The van der Waals surface area contributed by atoms with E-state index >= 15 is 0 Å². The first kappa shape index (κ1) is 21.0. The molecule has 142 valence electrons. The minimum atomic E-state index is -0.518. The van der Waals surface area contributed by atoms with Crippen LogP contribution in [0.15, 0.2) is 16.6 Å². The number of guanidine groups is 1. The Morgan fingerprint density at radius 3 is 2.44 bits per heavy atom. The second-order valence-electron chi connectivity index (χ2n) is 6.00. The molecule has 3 unspecified atom stereocenters. The molecule has 25 heavy (non-hydrogen) atoms. The van der Waals surface area contributed by atoms with E-state index in [2.05, 4.69) is 10.3 Å². The molecule has 0 aliphatic heterocycles. The lowest BCUT2D eigenvalue weighted by atomic mass is 9.88. The predicted molar refractivity (Wildman–Crippen MR) is 95.8 cm³/mol. The van der Waals surface area contributed by atoms with Gasteiger partial charge in [-0.1, -0.05) is 13.8 Å². The number of nitrogens with one attached hydrogen (secondary N) is 1. The smallest absolute Gasteiger partial charge is 0.333 e. The van der Waals surface area contributed by atoms with Gasteiger partial charge in [-0.25, -0.2) is 9.79 Å². The Morgan fingerprint density at radius 1 is 1.32 bits per heavy atom. The minimum Gasteiger partial charge on any atom is -0.463 e. The maximum Gasteiger partial charge on any atom is 0.333 e. The van der Waals surface area contributed by atoms with Gasteiger partial charge >= 0.3 is 5.97 Å². The molecular formula is C17H30N4O4. The number of amides is 1. The molecule has 0 aromatic carbocycles. The lowest BCUT2D eigenvalue weighted by Crippen LogP contribution is -2.54. The van der Waals surface area contributed by atoms with Gasteiger partial charge in [0.1, 0.15) is 0 Å². The van der Waals surface area contributed by atoms with Crippen LogP contribution in [0.2, 0.25) is 0 Å². The van der Waals surface area contributed by atoms with Gasteiger partial charge in [-0.3, -0.25) is 4.79 Å². The molecule has 0 spiro atoms. The zero-order valence-corrected chi connectivity index (χ0v) is 15.5. The highest BCUT2D eigenvalue weighted by Crippen LogP contribution is 2.27. The highest BCUT2D eigenvalue weighted by molar-refractivity contribution is 5.89. The van der Waals surface area contributed by atoms with Gasteiger partial charge in [0.25, 0.3) is 0 Å². The van der Waals surface area contributed by atoms with Gasteiger partial charge in [0.15, 0.2) is 5.96 Å². The van der Waals surface area contributed by atoms with Crippen molar-refractivity contribution in [1.82, 2.24) is 5.32 Å². The maximum atomic E-state index is 12.2. The van der Waals surface area contributed by atoms with Gasteiger partial charge in [-0.2, -0.15) is 0 Å². The molecule has 0 heterocycles. The third-order valence-corrected chi connectivity index (χ3v) is 4.05. The number of rotatable bonds is 8. The molecule has 1 rings (SSSR count). The van der Waals surface area contributed by atoms with Gasteiger partial charge < -0.3 is 26.3 Å². The SMILES string of the molecule is CCOC(=O)C1=CC(OC(CC)CC)C(NC(C)=O)C(N=C(N)N)C1. The number of carbonyl (C=O) groups excluding carboxylic acids is 2. The van der Waals surface area contributed by atoms with Crippen molar-refractivity contribution in [2.45, 2.75) is 71.2 Å². The van der Waals surface area contributed by atoms with Crippen LogP contribution in [-0.2, 0) is 19.1 Å². The summed E-state index contributed by atoms with van der Waals surface area (Å²) in [5.74, 6) is -0.739. The van der Waals surface area contributed by atoms with Crippen molar-refractivity contribution < 1.29 is 19.1 Å². The molecule has 0 fully saturated rings. The van der Waals surface area contributed by atoms with E-state index in [1.54, 1.807) is 13.0 Å². The Labute approximate surface area is 149 Å². The number of nitrogens with zero attached hydrogens (tertiary/aromatic N) is 1.